The molecule has 0 unspecified atom stereocenters. The Morgan fingerprint density at radius 1 is 1.28 bits per heavy atom. The van der Waals surface area contributed by atoms with E-state index in [1.807, 2.05) is 30.3 Å². The highest BCUT2D eigenvalue weighted by molar-refractivity contribution is 5.89. The smallest absolute Gasteiger partial charge is 0.319 e. The minimum absolute atomic E-state index is 0.0829. The molecule has 2 aromatic rings. The summed E-state index contributed by atoms with van der Waals surface area (Å²) in [6.45, 7) is 1.53. The van der Waals surface area contributed by atoms with Gasteiger partial charge in [0.1, 0.15) is 0 Å². The van der Waals surface area contributed by atoms with E-state index in [4.69, 9.17) is 4.74 Å². The number of anilines is 1. The van der Waals surface area contributed by atoms with Crippen molar-refractivity contribution in [2.24, 2.45) is 13.0 Å². The second kappa shape index (κ2) is 7.98. The first-order valence-corrected chi connectivity index (χ1v) is 8.49. The van der Waals surface area contributed by atoms with Gasteiger partial charge in [-0.3, -0.25) is 4.79 Å². The van der Waals surface area contributed by atoms with E-state index < -0.39 is 0 Å². The van der Waals surface area contributed by atoms with Gasteiger partial charge in [0.15, 0.2) is 0 Å². The van der Waals surface area contributed by atoms with Crippen LogP contribution in [0.1, 0.15) is 24.4 Å². The number of urea groups is 1. The Balaban J connectivity index is 1.68. The molecule has 25 heavy (non-hydrogen) atoms. The normalized spacial score (nSPS) is 17.9. The molecule has 0 radical (unpaired) electrons. The fraction of sp³-hybridized carbons (Fsp3) is 0.368. The lowest BCUT2D eigenvalue weighted by Gasteiger charge is -2.22. The summed E-state index contributed by atoms with van der Waals surface area (Å²) < 4.78 is 6.89. The standard InChI is InChI=1S/C19H23N3O3/c1-22-12-16(7-8-18(22)23)20-19(24)21-17(11-14-9-10-25-13-14)15-5-3-2-4-6-15/h2-8,12,14,17H,9-11,13H2,1H3,(H2,20,21,24)/t14-,17+/m1/s1. The second-order valence-corrected chi connectivity index (χ2v) is 6.39. The largest absolute Gasteiger partial charge is 0.381 e. The van der Waals surface area contributed by atoms with Gasteiger partial charge in [-0.1, -0.05) is 30.3 Å². The van der Waals surface area contributed by atoms with E-state index in [1.54, 1.807) is 19.3 Å². The lowest BCUT2D eigenvalue weighted by atomic mass is 9.94. The lowest BCUT2D eigenvalue weighted by Crippen LogP contribution is -2.34. The number of aryl methyl sites for hydroxylation is 1. The van der Waals surface area contributed by atoms with E-state index in [0.717, 1.165) is 31.6 Å². The molecule has 6 nitrogen and oxygen atoms in total. The lowest BCUT2D eigenvalue weighted by molar-refractivity contribution is 0.181. The molecular formula is C19H23N3O3. The number of nitrogens with zero attached hydrogens (tertiary/aromatic N) is 1. The summed E-state index contributed by atoms with van der Waals surface area (Å²) in [4.78, 5) is 23.9. The topological polar surface area (TPSA) is 72.4 Å². The number of nitrogens with one attached hydrogen (secondary N) is 2. The fourth-order valence-corrected chi connectivity index (χ4v) is 3.06. The van der Waals surface area contributed by atoms with Crippen LogP contribution >= 0.6 is 0 Å². The zero-order chi connectivity index (χ0) is 17.6. The molecule has 1 fully saturated rings. The third-order valence-corrected chi connectivity index (χ3v) is 4.44. The zero-order valence-electron chi connectivity index (χ0n) is 14.3. The summed E-state index contributed by atoms with van der Waals surface area (Å²) in [5, 5.41) is 5.84. The van der Waals surface area contributed by atoms with Gasteiger partial charge in [0.25, 0.3) is 0 Å². The van der Waals surface area contributed by atoms with Crippen LogP contribution in [0.25, 0.3) is 0 Å². The van der Waals surface area contributed by atoms with Crippen molar-refractivity contribution in [3.05, 3.63) is 64.6 Å². The van der Waals surface area contributed by atoms with Crippen LogP contribution in [0.5, 0.6) is 0 Å². The Morgan fingerprint density at radius 2 is 2.08 bits per heavy atom. The van der Waals surface area contributed by atoms with E-state index in [1.165, 1.54) is 10.6 Å². The van der Waals surface area contributed by atoms with E-state index in [0.29, 0.717) is 11.6 Å². The van der Waals surface area contributed by atoms with Gasteiger partial charge in [0.2, 0.25) is 5.56 Å². The molecule has 0 spiro atoms. The summed E-state index contributed by atoms with van der Waals surface area (Å²) in [5.41, 5.74) is 1.54. The average molecular weight is 341 g/mol. The molecule has 1 aliphatic rings. The molecule has 0 saturated carbocycles. The number of amides is 2. The molecule has 0 bridgehead atoms. The predicted molar refractivity (Wildman–Crippen MR) is 96.6 cm³/mol. The minimum Gasteiger partial charge on any atom is -0.381 e. The zero-order valence-corrected chi connectivity index (χ0v) is 14.3. The van der Waals surface area contributed by atoms with E-state index in [-0.39, 0.29) is 17.6 Å². The van der Waals surface area contributed by atoms with Crippen LogP contribution in [0.2, 0.25) is 0 Å². The number of pyridine rings is 1. The predicted octanol–water partition coefficient (Wildman–Crippen LogP) is 2.67. The molecule has 0 aliphatic carbocycles. The molecule has 2 amide bonds. The molecule has 1 aromatic carbocycles. The molecule has 132 valence electrons. The number of carbonyl (C=O) groups excluding carboxylic acids is 1. The minimum atomic E-state index is -0.286. The molecule has 1 saturated heterocycles. The van der Waals surface area contributed by atoms with E-state index in [9.17, 15) is 9.59 Å². The van der Waals surface area contributed by atoms with Crippen molar-refractivity contribution in [1.29, 1.82) is 0 Å². The van der Waals surface area contributed by atoms with Gasteiger partial charge in [-0.05, 0) is 30.4 Å². The molecule has 3 rings (SSSR count). The highest BCUT2D eigenvalue weighted by atomic mass is 16.5. The van der Waals surface area contributed by atoms with Crippen LogP contribution in [-0.4, -0.2) is 23.8 Å². The van der Waals surface area contributed by atoms with Gasteiger partial charge >= 0.3 is 6.03 Å². The number of aromatic nitrogens is 1. The molecule has 2 heterocycles. The highest BCUT2D eigenvalue weighted by Gasteiger charge is 2.23. The third-order valence-electron chi connectivity index (χ3n) is 4.44. The first-order valence-electron chi connectivity index (χ1n) is 8.49. The summed E-state index contributed by atoms with van der Waals surface area (Å²) in [6, 6.07) is 12.6. The van der Waals surface area contributed by atoms with Crippen LogP contribution in [0.15, 0.2) is 53.5 Å². The quantitative estimate of drug-likeness (QED) is 0.878. The van der Waals surface area contributed by atoms with Crippen molar-refractivity contribution >= 4 is 11.7 Å². The van der Waals surface area contributed by atoms with Crippen LogP contribution in [0.3, 0.4) is 0 Å². The monoisotopic (exact) mass is 341 g/mol. The van der Waals surface area contributed by atoms with Crippen molar-refractivity contribution in [3.8, 4) is 0 Å². The molecule has 6 heteroatoms. The summed E-state index contributed by atoms with van der Waals surface area (Å²) in [6.07, 6.45) is 3.46. The van der Waals surface area contributed by atoms with Crippen LogP contribution in [-0.2, 0) is 11.8 Å². The maximum absolute atomic E-state index is 12.4. The molecule has 1 aliphatic heterocycles. The van der Waals surface area contributed by atoms with Crippen molar-refractivity contribution < 1.29 is 9.53 Å². The Hall–Kier alpha value is -2.60. The highest BCUT2D eigenvalue weighted by Crippen LogP contribution is 2.26. The van der Waals surface area contributed by atoms with Gasteiger partial charge in [0, 0.05) is 32.5 Å². The van der Waals surface area contributed by atoms with Crippen molar-refractivity contribution in [2.75, 3.05) is 18.5 Å². The van der Waals surface area contributed by atoms with Crippen molar-refractivity contribution in [3.63, 3.8) is 0 Å². The molecule has 1 aromatic heterocycles. The van der Waals surface area contributed by atoms with Crippen molar-refractivity contribution in [2.45, 2.75) is 18.9 Å². The van der Waals surface area contributed by atoms with Crippen molar-refractivity contribution in [1.82, 2.24) is 9.88 Å². The summed E-state index contributed by atoms with van der Waals surface area (Å²) in [7, 11) is 1.65. The Morgan fingerprint density at radius 3 is 2.76 bits per heavy atom. The maximum Gasteiger partial charge on any atom is 0.319 e. The third kappa shape index (κ3) is 4.70. The number of hydrogen-bond donors (Lipinski definition) is 2. The van der Waals surface area contributed by atoms with Crippen LogP contribution in [0.4, 0.5) is 10.5 Å². The van der Waals surface area contributed by atoms with Gasteiger partial charge in [-0.15, -0.1) is 0 Å². The Labute approximate surface area is 146 Å². The number of rotatable bonds is 5. The molecule has 2 atom stereocenters. The number of benzene rings is 1. The van der Waals surface area contributed by atoms with E-state index >= 15 is 0 Å². The van der Waals surface area contributed by atoms with Crippen LogP contribution in [0, 0.1) is 5.92 Å². The fourth-order valence-electron chi connectivity index (χ4n) is 3.06. The van der Waals surface area contributed by atoms with Crippen LogP contribution < -0.4 is 16.2 Å². The number of carbonyl (C=O) groups is 1. The number of hydrogen-bond acceptors (Lipinski definition) is 3. The Kier molecular flexibility index (Phi) is 5.50. The second-order valence-electron chi connectivity index (χ2n) is 6.39. The molecule has 2 N–H and O–H groups in total. The Bertz CT molecular complexity index is 767. The SMILES string of the molecule is Cn1cc(NC(=O)N[C@@H](C[C@H]2CCOC2)c2ccccc2)ccc1=O. The summed E-state index contributed by atoms with van der Waals surface area (Å²) >= 11 is 0. The first kappa shape index (κ1) is 17.2. The van der Waals surface area contributed by atoms with Gasteiger partial charge < -0.3 is 19.9 Å². The number of ether oxygens (including phenoxy) is 1. The van der Waals surface area contributed by atoms with Gasteiger partial charge in [0.05, 0.1) is 11.7 Å². The maximum atomic E-state index is 12.4. The summed E-state index contributed by atoms with van der Waals surface area (Å²) in [5.74, 6) is 0.447. The van der Waals surface area contributed by atoms with E-state index in [2.05, 4.69) is 10.6 Å². The first-order chi connectivity index (χ1) is 12.1. The average Bonchev–Trinajstić information content (AvgIpc) is 3.11. The molecular weight excluding hydrogens is 318 g/mol. The van der Waals surface area contributed by atoms with Gasteiger partial charge in [-0.2, -0.15) is 0 Å². The van der Waals surface area contributed by atoms with Gasteiger partial charge in [-0.25, -0.2) is 4.79 Å².